The molecule has 0 saturated heterocycles. The predicted molar refractivity (Wildman–Crippen MR) is 130 cm³/mol. The second-order valence-corrected chi connectivity index (χ2v) is 8.10. The Kier molecular flexibility index (Phi) is 6.91. The summed E-state index contributed by atoms with van der Waals surface area (Å²) in [6, 6.07) is 15.4. The molecule has 3 aromatic carbocycles. The first kappa shape index (κ1) is 24.1. The SMILES string of the molecule is CCOc1ccc(NC(=O)[C@H]2c3cc(OC)c(OC)cc3C(=O)N(C)[C@@H]2c2ccccc2F)cc1. The number of anilines is 1. The molecule has 35 heavy (non-hydrogen) atoms. The highest BCUT2D eigenvalue weighted by Gasteiger charge is 2.44. The van der Waals surface area contributed by atoms with Crippen LogP contribution in [-0.4, -0.2) is 44.6 Å². The second kappa shape index (κ2) is 10.0. The van der Waals surface area contributed by atoms with Crippen LogP contribution in [0.3, 0.4) is 0 Å². The molecule has 0 radical (unpaired) electrons. The van der Waals surface area contributed by atoms with Gasteiger partial charge in [0.05, 0.1) is 32.8 Å². The Bertz CT molecular complexity index is 1240. The molecule has 1 aliphatic heterocycles. The van der Waals surface area contributed by atoms with Gasteiger partial charge >= 0.3 is 0 Å². The lowest BCUT2D eigenvalue weighted by Crippen LogP contribution is -2.44. The largest absolute Gasteiger partial charge is 0.494 e. The number of carbonyl (C=O) groups is 2. The van der Waals surface area contributed by atoms with E-state index in [1.54, 1.807) is 61.6 Å². The first-order valence-electron chi connectivity index (χ1n) is 11.2. The highest BCUT2D eigenvalue weighted by atomic mass is 19.1. The minimum absolute atomic E-state index is 0.246. The summed E-state index contributed by atoms with van der Waals surface area (Å²) in [7, 11) is 4.51. The maximum Gasteiger partial charge on any atom is 0.254 e. The summed E-state index contributed by atoms with van der Waals surface area (Å²) < 4.78 is 31.2. The van der Waals surface area contributed by atoms with Crippen LogP contribution in [-0.2, 0) is 4.79 Å². The number of fused-ring (bicyclic) bond motifs is 1. The fourth-order valence-corrected chi connectivity index (χ4v) is 4.46. The zero-order valence-electron chi connectivity index (χ0n) is 20.0. The van der Waals surface area contributed by atoms with Gasteiger partial charge in [0.1, 0.15) is 11.6 Å². The number of benzene rings is 3. The number of halogens is 1. The van der Waals surface area contributed by atoms with Crippen molar-refractivity contribution in [3.63, 3.8) is 0 Å². The lowest BCUT2D eigenvalue weighted by molar-refractivity contribution is -0.119. The third-order valence-electron chi connectivity index (χ3n) is 6.11. The normalized spacial score (nSPS) is 16.9. The molecule has 8 heteroatoms. The van der Waals surface area contributed by atoms with Crippen molar-refractivity contribution < 1.29 is 28.2 Å². The average molecular weight is 479 g/mol. The van der Waals surface area contributed by atoms with Crippen molar-refractivity contribution in [3.05, 3.63) is 83.2 Å². The van der Waals surface area contributed by atoms with Crippen LogP contribution in [0.5, 0.6) is 17.2 Å². The Morgan fingerprint density at radius 1 is 1.00 bits per heavy atom. The molecule has 7 nitrogen and oxygen atoms in total. The summed E-state index contributed by atoms with van der Waals surface area (Å²) >= 11 is 0. The summed E-state index contributed by atoms with van der Waals surface area (Å²) in [6.07, 6.45) is 0. The molecule has 1 aliphatic rings. The molecule has 0 aliphatic carbocycles. The van der Waals surface area contributed by atoms with Crippen LogP contribution in [0.25, 0.3) is 0 Å². The van der Waals surface area contributed by atoms with E-state index in [-0.39, 0.29) is 11.5 Å². The number of amides is 2. The second-order valence-electron chi connectivity index (χ2n) is 8.10. The number of nitrogens with one attached hydrogen (secondary N) is 1. The summed E-state index contributed by atoms with van der Waals surface area (Å²) in [4.78, 5) is 28.5. The van der Waals surface area contributed by atoms with Crippen LogP contribution < -0.4 is 19.5 Å². The van der Waals surface area contributed by atoms with Gasteiger partial charge < -0.3 is 24.4 Å². The van der Waals surface area contributed by atoms with Crippen LogP contribution in [0.15, 0.2) is 60.7 Å². The number of carbonyl (C=O) groups excluding carboxylic acids is 2. The van der Waals surface area contributed by atoms with E-state index in [4.69, 9.17) is 14.2 Å². The molecular weight excluding hydrogens is 451 g/mol. The van der Waals surface area contributed by atoms with Crippen LogP contribution >= 0.6 is 0 Å². The zero-order valence-corrected chi connectivity index (χ0v) is 20.0. The molecule has 0 unspecified atom stereocenters. The van der Waals surface area contributed by atoms with Crippen molar-refractivity contribution in [1.29, 1.82) is 0 Å². The molecule has 1 heterocycles. The molecular formula is C27H27FN2O5. The van der Waals surface area contributed by atoms with Gasteiger partial charge in [-0.05, 0) is 55.0 Å². The lowest BCUT2D eigenvalue weighted by atomic mass is 9.79. The van der Waals surface area contributed by atoms with Crippen molar-refractivity contribution in [1.82, 2.24) is 4.90 Å². The number of ether oxygens (including phenoxy) is 3. The third kappa shape index (κ3) is 4.51. The summed E-state index contributed by atoms with van der Waals surface area (Å²) in [5.41, 5.74) is 1.52. The summed E-state index contributed by atoms with van der Waals surface area (Å²) in [6.45, 7) is 2.42. The van der Waals surface area contributed by atoms with Gasteiger partial charge in [-0.25, -0.2) is 4.39 Å². The highest BCUT2D eigenvalue weighted by Crippen LogP contribution is 2.46. The van der Waals surface area contributed by atoms with E-state index >= 15 is 0 Å². The van der Waals surface area contributed by atoms with E-state index in [1.807, 2.05) is 6.92 Å². The topological polar surface area (TPSA) is 77.1 Å². The molecule has 4 rings (SSSR count). The van der Waals surface area contributed by atoms with Crippen LogP contribution in [0.1, 0.15) is 40.4 Å². The van der Waals surface area contributed by atoms with Gasteiger partial charge in [0, 0.05) is 23.9 Å². The summed E-state index contributed by atoms with van der Waals surface area (Å²) in [5, 5.41) is 2.92. The zero-order chi connectivity index (χ0) is 25.1. The van der Waals surface area contributed by atoms with Crippen molar-refractivity contribution in [2.75, 3.05) is 33.2 Å². The lowest BCUT2D eigenvalue weighted by Gasteiger charge is -2.40. The van der Waals surface area contributed by atoms with Crippen LogP contribution in [0.4, 0.5) is 10.1 Å². The minimum Gasteiger partial charge on any atom is -0.494 e. The van der Waals surface area contributed by atoms with Crippen molar-refractivity contribution >= 4 is 17.5 Å². The van der Waals surface area contributed by atoms with Crippen molar-refractivity contribution in [3.8, 4) is 17.2 Å². The smallest absolute Gasteiger partial charge is 0.254 e. The molecule has 0 aromatic heterocycles. The highest BCUT2D eigenvalue weighted by molar-refractivity contribution is 6.05. The van der Waals surface area contributed by atoms with E-state index in [0.29, 0.717) is 40.7 Å². The Morgan fingerprint density at radius 2 is 1.66 bits per heavy atom. The van der Waals surface area contributed by atoms with Crippen molar-refractivity contribution in [2.24, 2.45) is 0 Å². The first-order valence-corrected chi connectivity index (χ1v) is 11.2. The molecule has 2 amide bonds. The fourth-order valence-electron chi connectivity index (χ4n) is 4.46. The minimum atomic E-state index is -0.920. The van der Waals surface area contributed by atoms with Crippen LogP contribution in [0.2, 0.25) is 0 Å². The Hall–Kier alpha value is -4.07. The molecule has 0 bridgehead atoms. The number of rotatable bonds is 7. The molecule has 0 fully saturated rings. The van der Waals surface area contributed by atoms with Crippen molar-refractivity contribution in [2.45, 2.75) is 18.9 Å². The molecule has 2 atom stereocenters. The Labute approximate surface area is 203 Å². The fraction of sp³-hybridized carbons (Fsp3) is 0.259. The number of hydrogen-bond acceptors (Lipinski definition) is 5. The first-order chi connectivity index (χ1) is 16.9. The average Bonchev–Trinajstić information content (AvgIpc) is 2.87. The molecule has 0 saturated carbocycles. The van der Waals surface area contributed by atoms with Gasteiger partial charge in [0.2, 0.25) is 5.91 Å². The number of likely N-dealkylation sites (N-methyl/N-ethyl adjacent to an activating group) is 1. The van der Waals surface area contributed by atoms with Gasteiger partial charge in [-0.3, -0.25) is 9.59 Å². The van der Waals surface area contributed by atoms with E-state index in [1.165, 1.54) is 25.2 Å². The van der Waals surface area contributed by atoms with E-state index < -0.39 is 23.7 Å². The maximum atomic E-state index is 15.0. The molecule has 3 aromatic rings. The number of methoxy groups -OCH3 is 2. The standard InChI is InChI=1S/C27H27FN2O5/c1-5-35-17-12-10-16(11-13-17)29-26(31)24-19-14-22(33-3)23(34-4)15-20(19)27(32)30(2)25(24)18-8-6-7-9-21(18)28/h6-15,24-25H,5H2,1-4H3,(H,29,31)/t24-,25+/m0/s1. The van der Waals surface area contributed by atoms with Gasteiger partial charge in [-0.15, -0.1) is 0 Å². The predicted octanol–water partition coefficient (Wildman–Crippen LogP) is 4.79. The molecule has 182 valence electrons. The number of hydrogen-bond donors (Lipinski definition) is 1. The molecule has 1 N–H and O–H groups in total. The van der Waals surface area contributed by atoms with Gasteiger partial charge in [-0.1, -0.05) is 18.2 Å². The van der Waals surface area contributed by atoms with Crippen LogP contribution in [0, 0.1) is 5.82 Å². The Balaban J connectivity index is 1.83. The van der Waals surface area contributed by atoms with Gasteiger partial charge in [0.15, 0.2) is 11.5 Å². The summed E-state index contributed by atoms with van der Waals surface area (Å²) in [5.74, 6) is -0.747. The van der Waals surface area contributed by atoms with E-state index in [9.17, 15) is 14.0 Å². The van der Waals surface area contributed by atoms with Gasteiger partial charge in [0.25, 0.3) is 5.91 Å². The monoisotopic (exact) mass is 478 g/mol. The Morgan fingerprint density at radius 3 is 2.29 bits per heavy atom. The maximum absolute atomic E-state index is 15.0. The van der Waals surface area contributed by atoms with E-state index in [0.717, 1.165) is 0 Å². The number of nitrogens with zero attached hydrogens (tertiary/aromatic N) is 1. The third-order valence-corrected chi connectivity index (χ3v) is 6.11. The van der Waals surface area contributed by atoms with Gasteiger partial charge in [-0.2, -0.15) is 0 Å². The van der Waals surface area contributed by atoms with E-state index in [2.05, 4.69) is 5.32 Å². The quantitative estimate of drug-likeness (QED) is 0.528. The molecule has 0 spiro atoms.